The van der Waals surface area contributed by atoms with Gasteiger partial charge in [-0.25, -0.2) is 4.79 Å². The van der Waals surface area contributed by atoms with Gasteiger partial charge in [0.1, 0.15) is 11.5 Å². The van der Waals surface area contributed by atoms with Crippen molar-refractivity contribution in [3.63, 3.8) is 0 Å². The SMILES string of the molecule is O=C(O)C(=O)Nc1cc(Cl)c(Oc2ccc(O)c(C(=O)Nc3cccc(-c4ccccc4)c3)c2)c(Cl)c1. The predicted molar refractivity (Wildman–Crippen MR) is 141 cm³/mol. The zero-order valence-corrected chi connectivity index (χ0v) is 20.4. The highest BCUT2D eigenvalue weighted by Crippen LogP contribution is 2.39. The van der Waals surface area contributed by atoms with Gasteiger partial charge >= 0.3 is 11.9 Å². The van der Waals surface area contributed by atoms with Crippen molar-refractivity contribution in [2.24, 2.45) is 0 Å². The summed E-state index contributed by atoms with van der Waals surface area (Å²) < 4.78 is 5.74. The first kappa shape index (κ1) is 25.6. The largest absolute Gasteiger partial charge is 0.507 e. The van der Waals surface area contributed by atoms with Crippen LogP contribution < -0.4 is 15.4 Å². The zero-order valence-electron chi connectivity index (χ0n) is 18.9. The van der Waals surface area contributed by atoms with Crippen LogP contribution in [0.3, 0.4) is 0 Å². The summed E-state index contributed by atoms with van der Waals surface area (Å²) in [4.78, 5) is 35.1. The van der Waals surface area contributed by atoms with E-state index >= 15 is 0 Å². The number of rotatable bonds is 6. The Morgan fingerprint density at radius 3 is 2.08 bits per heavy atom. The molecular weight excluding hydrogens is 519 g/mol. The van der Waals surface area contributed by atoms with E-state index in [9.17, 15) is 19.5 Å². The number of halogens is 2. The third kappa shape index (κ3) is 6.19. The minimum atomic E-state index is -1.67. The van der Waals surface area contributed by atoms with Crippen LogP contribution in [0.5, 0.6) is 17.2 Å². The number of phenolic OH excluding ortho intramolecular Hbond substituents is 1. The average Bonchev–Trinajstić information content (AvgIpc) is 2.87. The Hall–Kier alpha value is -4.53. The molecule has 2 amide bonds. The Morgan fingerprint density at radius 2 is 1.41 bits per heavy atom. The summed E-state index contributed by atoms with van der Waals surface area (Å²) in [6.07, 6.45) is 0. The Bertz CT molecular complexity index is 1490. The molecule has 0 spiro atoms. The van der Waals surface area contributed by atoms with Gasteiger partial charge in [0.05, 0.1) is 15.6 Å². The van der Waals surface area contributed by atoms with Gasteiger partial charge in [0.15, 0.2) is 5.75 Å². The highest BCUT2D eigenvalue weighted by atomic mass is 35.5. The van der Waals surface area contributed by atoms with Crippen LogP contribution in [-0.4, -0.2) is 28.0 Å². The lowest BCUT2D eigenvalue weighted by Gasteiger charge is -2.13. The van der Waals surface area contributed by atoms with Gasteiger partial charge in [0, 0.05) is 11.4 Å². The van der Waals surface area contributed by atoms with Gasteiger partial charge in [0.2, 0.25) is 0 Å². The van der Waals surface area contributed by atoms with Crippen molar-refractivity contribution in [1.82, 2.24) is 0 Å². The van der Waals surface area contributed by atoms with E-state index in [4.69, 9.17) is 33.0 Å². The number of aliphatic carboxylic acids is 1. The van der Waals surface area contributed by atoms with Crippen LogP contribution in [0, 0.1) is 0 Å². The second-order valence-electron chi connectivity index (χ2n) is 7.71. The molecule has 8 nitrogen and oxygen atoms in total. The molecule has 4 rings (SSSR count). The van der Waals surface area contributed by atoms with Crippen molar-refractivity contribution in [1.29, 1.82) is 0 Å². The zero-order chi connectivity index (χ0) is 26.5. The van der Waals surface area contributed by atoms with Crippen molar-refractivity contribution < 1.29 is 29.3 Å². The molecule has 4 aromatic rings. The van der Waals surface area contributed by atoms with Crippen molar-refractivity contribution in [2.45, 2.75) is 0 Å². The molecule has 4 N–H and O–H groups in total. The van der Waals surface area contributed by atoms with Gasteiger partial charge in [-0.05, 0) is 53.6 Å². The fourth-order valence-corrected chi connectivity index (χ4v) is 3.96. The van der Waals surface area contributed by atoms with Crippen molar-refractivity contribution in [3.8, 4) is 28.4 Å². The second kappa shape index (κ2) is 11.0. The van der Waals surface area contributed by atoms with Gasteiger partial charge < -0.3 is 25.6 Å². The molecule has 0 radical (unpaired) electrons. The van der Waals surface area contributed by atoms with Crippen LogP contribution in [0.15, 0.2) is 84.9 Å². The normalized spacial score (nSPS) is 10.4. The maximum Gasteiger partial charge on any atom is 0.394 e. The van der Waals surface area contributed by atoms with Crippen LogP contribution in [0.2, 0.25) is 10.0 Å². The van der Waals surface area contributed by atoms with E-state index in [1.807, 2.05) is 48.5 Å². The van der Waals surface area contributed by atoms with E-state index < -0.39 is 17.8 Å². The standard InChI is InChI=1S/C27H18Cl2N2O6/c28-21-12-18(31-26(34)27(35)36)13-22(29)24(21)37-19-9-10-23(32)20(14-19)25(33)30-17-8-4-7-16(11-17)15-5-2-1-3-6-15/h1-14,32H,(H,30,33)(H,31,34)(H,35,36). The number of carboxylic acids is 1. The molecule has 4 aromatic carbocycles. The molecule has 0 aliphatic rings. The molecule has 0 aromatic heterocycles. The lowest BCUT2D eigenvalue weighted by molar-refractivity contribution is -0.147. The molecule has 0 saturated heterocycles. The molecule has 0 saturated carbocycles. The van der Waals surface area contributed by atoms with E-state index in [-0.39, 0.29) is 38.5 Å². The molecule has 0 heterocycles. The number of carbonyl (C=O) groups excluding carboxylic acids is 2. The number of carboxylic acid groups (broad SMARTS) is 1. The highest BCUT2D eigenvalue weighted by molar-refractivity contribution is 6.39. The van der Waals surface area contributed by atoms with Crippen molar-refractivity contribution in [2.75, 3.05) is 10.6 Å². The van der Waals surface area contributed by atoms with E-state index in [1.165, 1.54) is 30.3 Å². The number of hydrogen-bond donors (Lipinski definition) is 4. The topological polar surface area (TPSA) is 125 Å². The van der Waals surface area contributed by atoms with Gasteiger partial charge in [-0.15, -0.1) is 0 Å². The lowest BCUT2D eigenvalue weighted by Crippen LogP contribution is -2.21. The summed E-state index contributed by atoms with van der Waals surface area (Å²) in [5.74, 6) is -3.62. The fraction of sp³-hybridized carbons (Fsp3) is 0. The Morgan fingerprint density at radius 1 is 0.730 bits per heavy atom. The van der Waals surface area contributed by atoms with Crippen LogP contribution in [0.1, 0.15) is 10.4 Å². The minimum Gasteiger partial charge on any atom is -0.507 e. The number of carbonyl (C=O) groups is 3. The van der Waals surface area contributed by atoms with Crippen molar-refractivity contribution >= 4 is 52.4 Å². The quantitative estimate of drug-likeness (QED) is 0.210. The predicted octanol–water partition coefficient (Wildman–Crippen LogP) is 6.43. The first-order valence-corrected chi connectivity index (χ1v) is 11.5. The summed E-state index contributed by atoms with van der Waals surface area (Å²) in [6.45, 7) is 0. The Kier molecular flexibility index (Phi) is 7.62. The Balaban J connectivity index is 1.54. The van der Waals surface area contributed by atoms with Crippen LogP contribution in [-0.2, 0) is 9.59 Å². The number of anilines is 2. The molecular formula is C27H18Cl2N2O6. The highest BCUT2D eigenvalue weighted by Gasteiger charge is 2.18. The molecule has 0 fully saturated rings. The number of phenols is 1. The lowest BCUT2D eigenvalue weighted by atomic mass is 10.1. The summed E-state index contributed by atoms with van der Waals surface area (Å²) in [7, 11) is 0. The monoisotopic (exact) mass is 536 g/mol. The third-order valence-corrected chi connectivity index (χ3v) is 5.67. The molecule has 37 heavy (non-hydrogen) atoms. The number of hydrogen-bond acceptors (Lipinski definition) is 5. The number of aromatic hydroxyl groups is 1. The maximum absolute atomic E-state index is 13.0. The van der Waals surface area contributed by atoms with E-state index in [2.05, 4.69) is 10.6 Å². The fourth-order valence-electron chi connectivity index (χ4n) is 3.40. The summed E-state index contributed by atoms with van der Waals surface area (Å²) in [5.41, 5.74) is 2.42. The van der Waals surface area contributed by atoms with Crippen LogP contribution in [0.25, 0.3) is 11.1 Å². The average molecular weight is 537 g/mol. The third-order valence-electron chi connectivity index (χ3n) is 5.11. The second-order valence-corrected chi connectivity index (χ2v) is 8.52. The van der Waals surface area contributed by atoms with E-state index in [0.717, 1.165) is 11.1 Å². The first-order chi connectivity index (χ1) is 17.7. The smallest absolute Gasteiger partial charge is 0.394 e. The number of amides is 2. The van der Waals surface area contributed by atoms with Gasteiger partial charge in [-0.3, -0.25) is 9.59 Å². The van der Waals surface area contributed by atoms with E-state index in [1.54, 1.807) is 6.07 Å². The molecule has 0 aliphatic heterocycles. The summed E-state index contributed by atoms with van der Waals surface area (Å²) in [6, 6.07) is 23.5. The molecule has 0 unspecified atom stereocenters. The molecule has 0 atom stereocenters. The number of ether oxygens (including phenoxy) is 1. The van der Waals surface area contributed by atoms with Gasteiger partial charge in [0.25, 0.3) is 5.91 Å². The molecule has 186 valence electrons. The Labute approximate surface area is 221 Å². The molecule has 0 aliphatic carbocycles. The summed E-state index contributed by atoms with van der Waals surface area (Å²) in [5, 5.41) is 23.9. The number of benzene rings is 4. The first-order valence-electron chi connectivity index (χ1n) is 10.7. The minimum absolute atomic E-state index is 0.00395. The van der Waals surface area contributed by atoms with Gasteiger partial charge in [-0.2, -0.15) is 0 Å². The van der Waals surface area contributed by atoms with Crippen LogP contribution >= 0.6 is 23.2 Å². The number of nitrogens with one attached hydrogen (secondary N) is 2. The molecule has 0 bridgehead atoms. The van der Waals surface area contributed by atoms with Crippen LogP contribution in [0.4, 0.5) is 11.4 Å². The maximum atomic E-state index is 13.0. The van der Waals surface area contributed by atoms with Gasteiger partial charge in [-0.1, -0.05) is 65.7 Å². The van der Waals surface area contributed by atoms with E-state index in [0.29, 0.717) is 5.69 Å². The summed E-state index contributed by atoms with van der Waals surface area (Å²) >= 11 is 12.4. The molecule has 10 heteroatoms. The van der Waals surface area contributed by atoms with Crippen molar-refractivity contribution in [3.05, 3.63) is 101 Å².